The summed E-state index contributed by atoms with van der Waals surface area (Å²) in [6.45, 7) is 8.06. The van der Waals surface area contributed by atoms with Crippen molar-refractivity contribution >= 4 is 5.78 Å². The van der Waals surface area contributed by atoms with Crippen molar-refractivity contribution in [1.82, 2.24) is 0 Å². The molecule has 2 heteroatoms. The van der Waals surface area contributed by atoms with Crippen molar-refractivity contribution in [3.8, 4) is 5.75 Å². The zero-order chi connectivity index (χ0) is 13.0. The normalized spacial score (nSPS) is 12.3. The molecule has 1 aromatic rings. The van der Waals surface area contributed by atoms with E-state index in [1.165, 1.54) is 0 Å². The van der Waals surface area contributed by atoms with Crippen LogP contribution in [0.15, 0.2) is 12.1 Å². The molecular weight excluding hydrogens is 212 g/mol. The first-order chi connectivity index (χ1) is 8.01. The highest BCUT2D eigenvalue weighted by atomic mass is 16.5. The Bertz CT molecular complexity index is 384. The van der Waals surface area contributed by atoms with Crippen LogP contribution in [0.2, 0.25) is 0 Å². The standard InChI is InChI=1S/C15H22O2/c1-6-7-10(2)14(16)13-8-11(3)15(17-5)12(4)9-13/h8-10H,6-7H2,1-5H3. The summed E-state index contributed by atoms with van der Waals surface area (Å²) in [5, 5.41) is 0. The minimum Gasteiger partial charge on any atom is -0.496 e. The van der Waals surface area contributed by atoms with Crippen LogP contribution in [0.3, 0.4) is 0 Å². The van der Waals surface area contributed by atoms with Gasteiger partial charge in [0.25, 0.3) is 0 Å². The van der Waals surface area contributed by atoms with Crippen LogP contribution in [0.1, 0.15) is 48.2 Å². The molecule has 0 radical (unpaired) electrons. The van der Waals surface area contributed by atoms with Crippen LogP contribution in [0.4, 0.5) is 0 Å². The number of ketones is 1. The molecule has 2 nitrogen and oxygen atoms in total. The van der Waals surface area contributed by atoms with E-state index in [1.54, 1.807) is 7.11 Å². The molecular formula is C15H22O2. The molecule has 1 aromatic carbocycles. The van der Waals surface area contributed by atoms with Crippen molar-refractivity contribution in [1.29, 1.82) is 0 Å². The lowest BCUT2D eigenvalue weighted by Crippen LogP contribution is -2.11. The fourth-order valence-electron chi connectivity index (χ4n) is 2.26. The van der Waals surface area contributed by atoms with Gasteiger partial charge in [0.15, 0.2) is 5.78 Å². The quantitative estimate of drug-likeness (QED) is 0.721. The average molecular weight is 234 g/mol. The molecule has 1 rings (SSSR count). The number of Topliss-reactive ketones (excluding diaryl/α,β-unsaturated/α-hetero) is 1. The van der Waals surface area contributed by atoms with E-state index in [1.807, 2.05) is 32.9 Å². The smallest absolute Gasteiger partial charge is 0.165 e. The van der Waals surface area contributed by atoms with E-state index in [2.05, 4.69) is 6.92 Å². The third-order valence-electron chi connectivity index (χ3n) is 3.12. The Morgan fingerprint density at radius 1 is 1.29 bits per heavy atom. The lowest BCUT2D eigenvalue weighted by Gasteiger charge is -2.13. The van der Waals surface area contributed by atoms with Crippen LogP contribution in [0.25, 0.3) is 0 Å². The molecule has 1 unspecified atom stereocenters. The summed E-state index contributed by atoms with van der Waals surface area (Å²) >= 11 is 0. The summed E-state index contributed by atoms with van der Waals surface area (Å²) in [5.41, 5.74) is 2.86. The lowest BCUT2D eigenvalue weighted by atomic mass is 9.93. The SMILES string of the molecule is CCCC(C)C(=O)c1cc(C)c(OC)c(C)c1. The van der Waals surface area contributed by atoms with Crippen molar-refractivity contribution in [2.75, 3.05) is 7.11 Å². The number of ether oxygens (including phenoxy) is 1. The van der Waals surface area contributed by atoms with Gasteiger partial charge in [0, 0.05) is 11.5 Å². The van der Waals surface area contributed by atoms with E-state index in [0.29, 0.717) is 0 Å². The van der Waals surface area contributed by atoms with Gasteiger partial charge < -0.3 is 4.74 Å². The molecule has 0 aromatic heterocycles. The summed E-state index contributed by atoms with van der Waals surface area (Å²) in [5.74, 6) is 1.22. The fourth-order valence-corrected chi connectivity index (χ4v) is 2.26. The van der Waals surface area contributed by atoms with Gasteiger partial charge in [-0.1, -0.05) is 20.3 Å². The maximum Gasteiger partial charge on any atom is 0.165 e. The zero-order valence-electron chi connectivity index (χ0n) is 11.5. The van der Waals surface area contributed by atoms with E-state index in [0.717, 1.165) is 35.3 Å². The van der Waals surface area contributed by atoms with Crippen LogP contribution < -0.4 is 4.74 Å². The van der Waals surface area contributed by atoms with Crippen molar-refractivity contribution < 1.29 is 9.53 Å². The molecule has 0 N–H and O–H groups in total. The third-order valence-corrected chi connectivity index (χ3v) is 3.12. The first-order valence-electron chi connectivity index (χ1n) is 6.20. The van der Waals surface area contributed by atoms with E-state index in [-0.39, 0.29) is 11.7 Å². The van der Waals surface area contributed by atoms with Crippen LogP contribution >= 0.6 is 0 Å². The molecule has 17 heavy (non-hydrogen) atoms. The second-order valence-electron chi connectivity index (χ2n) is 4.70. The van der Waals surface area contributed by atoms with Gasteiger partial charge in [0.1, 0.15) is 5.75 Å². The van der Waals surface area contributed by atoms with Gasteiger partial charge in [-0.2, -0.15) is 0 Å². The van der Waals surface area contributed by atoms with Crippen molar-refractivity contribution in [2.45, 2.75) is 40.5 Å². The molecule has 0 saturated heterocycles. The fraction of sp³-hybridized carbons (Fsp3) is 0.533. The first kappa shape index (κ1) is 13.8. The Kier molecular flexibility index (Phi) is 4.73. The van der Waals surface area contributed by atoms with Crippen LogP contribution in [0, 0.1) is 19.8 Å². The number of hydrogen-bond acceptors (Lipinski definition) is 2. The maximum absolute atomic E-state index is 12.2. The molecule has 0 bridgehead atoms. The highest BCUT2D eigenvalue weighted by Crippen LogP contribution is 2.26. The molecule has 0 amide bonds. The van der Waals surface area contributed by atoms with Gasteiger partial charge in [0.05, 0.1) is 7.11 Å². The minimum absolute atomic E-state index is 0.104. The number of hydrogen-bond donors (Lipinski definition) is 0. The Balaban J connectivity index is 3.04. The zero-order valence-corrected chi connectivity index (χ0v) is 11.5. The van der Waals surface area contributed by atoms with Gasteiger partial charge >= 0.3 is 0 Å². The summed E-state index contributed by atoms with van der Waals surface area (Å²) in [4.78, 5) is 12.2. The number of carbonyl (C=O) groups is 1. The first-order valence-corrected chi connectivity index (χ1v) is 6.20. The van der Waals surface area contributed by atoms with Gasteiger partial charge in [-0.05, 0) is 43.5 Å². The van der Waals surface area contributed by atoms with Crippen LogP contribution in [-0.2, 0) is 0 Å². The highest BCUT2D eigenvalue weighted by Gasteiger charge is 2.16. The lowest BCUT2D eigenvalue weighted by molar-refractivity contribution is 0.0923. The number of benzene rings is 1. The Hall–Kier alpha value is -1.31. The largest absolute Gasteiger partial charge is 0.496 e. The van der Waals surface area contributed by atoms with Crippen LogP contribution in [-0.4, -0.2) is 12.9 Å². The molecule has 0 aliphatic heterocycles. The van der Waals surface area contributed by atoms with Crippen molar-refractivity contribution in [3.63, 3.8) is 0 Å². The number of aryl methyl sites for hydroxylation is 2. The van der Waals surface area contributed by atoms with E-state index < -0.39 is 0 Å². The topological polar surface area (TPSA) is 26.3 Å². The van der Waals surface area contributed by atoms with Crippen LogP contribution in [0.5, 0.6) is 5.75 Å². The Morgan fingerprint density at radius 2 is 1.82 bits per heavy atom. The monoisotopic (exact) mass is 234 g/mol. The molecule has 0 aliphatic carbocycles. The molecule has 0 aliphatic rings. The second kappa shape index (κ2) is 5.85. The maximum atomic E-state index is 12.2. The third kappa shape index (κ3) is 3.09. The summed E-state index contributed by atoms with van der Waals surface area (Å²) in [6, 6.07) is 3.86. The minimum atomic E-state index is 0.104. The Morgan fingerprint density at radius 3 is 2.24 bits per heavy atom. The van der Waals surface area contributed by atoms with Gasteiger partial charge in [-0.25, -0.2) is 0 Å². The summed E-state index contributed by atoms with van der Waals surface area (Å²) in [6.07, 6.45) is 1.99. The van der Waals surface area contributed by atoms with E-state index >= 15 is 0 Å². The average Bonchev–Trinajstić information content (AvgIpc) is 2.27. The summed E-state index contributed by atoms with van der Waals surface area (Å²) < 4.78 is 5.31. The highest BCUT2D eigenvalue weighted by molar-refractivity contribution is 5.98. The van der Waals surface area contributed by atoms with Crippen molar-refractivity contribution in [3.05, 3.63) is 28.8 Å². The number of methoxy groups -OCH3 is 1. The molecule has 0 saturated carbocycles. The molecule has 94 valence electrons. The number of rotatable bonds is 5. The van der Waals surface area contributed by atoms with Gasteiger partial charge in [-0.3, -0.25) is 4.79 Å². The molecule has 1 atom stereocenters. The van der Waals surface area contributed by atoms with Crippen molar-refractivity contribution in [2.24, 2.45) is 5.92 Å². The predicted molar refractivity (Wildman–Crippen MR) is 70.9 cm³/mol. The van der Waals surface area contributed by atoms with E-state index in [4.69, 9.17) is 4.74 Å². The summed E-state index contributed by atoms with van der Waals surface area (Å²) in [7, 11) is 1.66. The van der Waals surface area contributed by atoms with Gasteiger partial charge in [0.2, 0.25) is 0 Å². The van der Waals surface area contributed by atoms with Gasteiger partial charge in [-0.15, -0.1) is 0 Å². The molecule has 0 heterocycles. The predicted octanol–water partition coefficient (Wildman–Crippen LogP) is 3.93. The molecule has 0 spiro atoms. The van der Waals surface area contributed by atoms with E-state index in [9.17, 15) is 4.79 Å². The Labute approximate surface area is 104 Å². The number of carbonyl (C=O) groups excluding carboxylic acids is 1. The second-order valence-corrected chi connectivity index (χ2v) is 4.70. The molecule has 0 fully saturated rings.